The van der Waals surface area contributed by atoms with Crippen molar-refractivity contribution in [1.29, 1.82) is 5.26 Å². The van der Waals surface area contributed by atoms with Gasteiger partial charge in [-0.05, 0) is 69.9 Å². The third-order valence-corrected chi connectivity index (χ3v) is 9.19. The van der Waals surface area contributed by atoms with E-state index in [0.29, 0.717) is 24.3 Å². The minimum atomic E-state index is -3.68. The van der Waals surface area contributed by atoms with E-state index >= 15 is 0 Å². The number of sulfonamides is 1. The maximum atomic E-state index is 13.2. The first-order valence-corrected chi connectivity index (χ1v) is 13.7. The van der Waals surface area contributed by atoms with Crippen molar-refractivity contribution in [1.82, 2.24) is 14.2 Å². The zero-order valence-electron chi connectivity index (χ0n) is 19.2. The number of benzene rings is 1. The fourth-order valence-corrected chi connectivity index (χ4v) is 7.00. The van der Waals surface area contributed by atoms with Crippen molar-refractivity contribution >= 4 is 26.8 Å². The molecule has 0 spiro atoms. The van der Waals surface area contributed by atoms with Crippen LogP contribution in [0.1, 0.15) is 75.0 Å². The average Bonchev–Trinajstić information content (AvgIpc) is 3.63. The van der Waals surface area contributed by atoms with Gasteiger partial charge in [0.1, 0.15) is 6.07 Å². The Hall–Kier alpha value is -2.37. The Morgan fingerprint density at radius 2 is 1.76 bits per heavy atom. The molecule has 3 fully saturated rings. The molecule has 0 unspecified atom stereocenters. The number of aryl methyl sites for hydroxylation is 1. The molecule has 1 aliphatic heterocycles. The number of piperidine rings is 1. The molecule has 1 aromatic carbocycles. The van der Waals surface area contributed by atoms with Crippen LogP contribution in [-0.4, -0.2) is 42.9 Å². The predicted molar refractivity (Wildman–Crippen MR) is 126 cm³/mol. The summed E-state index contributed by atoms with van der Waals surface area (Å²) in [6, 6.07) is 7.23. The monoisotopic (exact) mass is 468 g/mol. The highest BCUT2D eigenvalue weighted by Gasteiger charge is 2.33. The van der Waals surface area contributed by atoms with Gasteiger partial charge >= 0.3 is 0 Å². The molecule has 5 rings (SSSR count). The summed E-state index contributed by atoms with van der Waals surface area (Å²) in [7, 11) is -1.76. The fourth-order valence-electron chi connectivity index (χ4n) is 5.67. The van der Waals surface area contributed by atoms with Crippen LogP contribution in [0.3, 0.4) is 0 Å². The fraction of sp³-hybridized carbons (Fsp3) is 0.600. The van der Waals surface area contributed by atoms with Gasteiger partial charge in [0, 0.05) is 49.1 Å². The normalized spacial score (nSPS) is 24.1. The lowest BCUT2D eigenvalue weighted by Crippen LogP contribution is -2.43. The van der Waals surface area contributed by atoms with Crippen molar-refractivity contribution in [3.8, 4) is 6.07 Å². The molecule has 2 saturated carbocycles. The second-order valence-corrected chi connectivity index (χ2v) is 11.7. The molecular weight excluding hydrogens is 436 g/mol. The van der Waals surface area contributed by atoms with Crippen molar-refractivity contribution in [2.75, 3.05) is 13.1 Å². The number of nitrogens with zero attached hydrogens (tertiary/aromatic N) is 3. The van der Waals surface area contributed by atoms with Crippen LogP contribution >= 0.6 is 0 Å². The van der Waals surface area contributed by atoms with Gasteiger partial charge in [-0.1, -0.05) is 6.07 Å². The molecule has 176 valence electrons. The maximum absolute atomic E-state index is 13.2. The van der Waals surface area contributed by atoms with E-state index in [9.17, 15) is 18.5 Å². The molecule has 2 aromatic rings. The van der Waals surface area contributed by atoms with Gasteiger partial charge in [0.2, 0.25) is 15.9 Å². The maximum Gasteiger partial charge on any atom is 0.240 e. The van der Waals surface area contributed by atoms with Gasteiger partial charge < -0.3 is 9.47 Å². The van der Waals surface area contributed by atoms with Crippen molar-refractivity contribution in [2.45, 2.75) is 74.6 Å². The van der Waals surface area contributed by atoms with E-state index in [1.54, 1.807) is 18.2 Å². The summed E-state index contributed by atoms with van der Waals surface area (Å²) in [5.41, 5.74) is 2.47. The highest BCUT2D eigenvalue weighted by atomic mass is 32.2. The Labute approximate surface area is 195 Å². The third-order valence-electron chi connectivity index (χ3n) is 7.67. The highest BCUT2D eigenvalue weighted by molar-refractivity contribution is 7.89. The Morgan fingerprint density at radius 1 is 1.06 bits per heavy atom. The number of likely N-dealkylation sites (tertiary alicyclic amines) is 1. The summed E-state index contributed by atoms with van der Waals surface area (Å²) >= 11 is 0. The summed E-state index contributed by atoms with van der Waals surface area (Å²) in [4.78, 5) is 15.0. The molecule has 2 aliphatic carbocycles. The van der Waals surface area contributed by atoms with Crippen LogP contribution in [-0.2, 0) is 21.9 Å². The number of hydrogen-bond acceptors (Lipinski definition) is 4. The molecule has 8 heteroatoms. The van der Waals surface area contributed by atoms with Crippen molar-refractivity contribution in [2.24, 2.45) is 13.0 Å². The summed E-state index contributed by atoms with van der Waals surface area (Å²) in [5, 5.41) is 10.5. The molecular formula is C25H32N4O3S. The second-order valence-electron chi connectivity index (χ2n) is 9.94. The quantitative estimate of drug-likeness (QED) is 0.722. The van der Waals surface area contributed by atoms with E-state index < -0.39 is 10.0 Å². The van der Waals surface area contributed by atoms with Crippen LogP contribution in [0.25, 0.3) is 10.9 Å². The number of carbonyl (C=O) groups excluding carboxylic acids is 1. The standard InChI is InChI=1S/C25H32N4O3S/c1-28-23-15-20(11-12-21(23)22(16-26)24(28)17-5-6-17)33(31,32)27-19-9-7-18(8-10-19)25(30)29-13-3-2-4-14-29/h11-12,15,17-19,27H,2-10,13-14H2,1H3. The number of carbonyl (C=O) groups is 1. The second kappa shape index (κ2) is 8.77. The van der Waals surface area contributed by atoms with Gasteiger partial charge in [-0.3, -0.25) is 4.79 Å². The smallest absolute Gasteiger partial charge is 0.240 e. The van der Waals surface area contributed by atoms with Crippen molar-refractivity contribution < 1.29 is 13.2 Å². The number of fused-ring (bicyclic) bond motifs is 1. The lowest BCUT2D eigenvalue weighted by molar-refractivity contribution is -0.137. The largest absolute Gasteiger partial charge is 0.346 e. The Balaban J connectivity index is 1.28. The van der Waals surface area contributed by atoms with Gasteiger partial charge in [-0.2, -0.15) is 5.26 Å². The molecule has 0 bridgehead atoms. The molecule has 33 heavy (non-hydrogen) atoms. The number of hydrogen-bond donors (Lipinski definition) is 1. The minimum absolute atomic E-state index is 0.0221. The number of aromatic nitrogens is 1. The van der Waals surface area contributed by atoms with Gasteiger partial charge in [-0.15, -0.1) is 0 Å². The Kier molecular flexibility index (Phi) is 5.96. The van der Waals surface area contributed by atoms with Crippen LogP contribution in [0.2, 0.25) is 0 Å². The first kappa shape index (κ1) is 22.4. The van der Waals surface area contributed by atoms with E-state index in [4.69, 9.17) is 0 Å². The number of nitrogens with one attached hydrogen (secondary N) is 1. The number of rotatable bonds is 5. The molecule has 3 aliphatic rings. The zero-order chi connectivity index (χ0) is 23.2. The van der Waals surface area contributed by atoms with Crippen LogP contribution in [0.4, 0.5) is 0 Å². The third kappa shape index (κ3) is 4.29. The van der Waals surface area contributed by atoms with Crippen molar-refractivity contribution in [3.63, 3.8) is 0 Å². The molecule has 2 heterocycles. The highest BCUT2D eigenvalue weighted by Crippen LogP contribution is 2.44. The Morgan fingerprint density at radius 3 is 2.39 bits per heavy atom. The molecule has 1 saturated heterocycles. The van der Waals surface area contributed by atoms with Gasteiger partial charge in [0.25, 0.3) is 0 Å². The summed E-state index contributed by atoms with van der Waals surface area (Å²) in [6.07, 6.45) is 8.36. The molecule has 1 N–H and O–H groups in total. The minimum Gasteiger partial charge on any atom is -0.346 e. The summed E-state index contributed by atoms with van der Waals surface area (Å²) < 4.78 is 31.2. The van der Waals surface area contributed by atoms with E-state index in [2.05, 4.69) is 10.8 Å². The van der Waals surface area contributed by atoms with Crippen LogP contribution in [0.5, 0.6) is 0 Å². The lowest BCUT2D eigenvalue weighted by Gasteiger charge is -2.34. The molecule has 0 atom stereocenters. The van der Waals surface area contributed by atoms with Crippen LogP contribution in [0, 0.1) is 17.2 Å². The van der Waals surface area contributed by atoms with E-state index in [1.165, 1.54) is 6.42 Å². The van der Waals surface area contributed by atoms with E-state index in [-0.39, 0.29) is 22.8 Å². The number of amides is 1. The zero-order valence-corrected chi connectivity index (χ0v) is 20.0. The lowest BCUT2D eigenvalue weighted by atomic mass is 9.85. The molecule has 1 aromatic heterocycles. The van der Waals surface area contributed by atoms with Crippen LogP contribution < -0.4 is 4.72 Å². The summed E-state index contributed by atoms with van der Waals surface area (Å²) in [6.45, 7) is 1.73. The Bertz CT molecular complexity index is 1210. The topological polar surface area (TPSA) is 95.2 Å². The SMILES string of the molecule is Cn1c(C2CC2)c(C#N)c2ccc(S(=O)(=O)NC3CCC(C(=O)N4CCCCC4)CC3)cc21. The summed E-state index contributed by atoms with van der Waals surface area (Å²) in [5.74, 6) is 0.678. The predicted octanol–water partition coefficient (Wildman–Crippen LogP) is 3.78. The molecule has 7 nitrogen and oxygen atoms in total. The van der Waals surface area contributed by atoms with Crippen molar-refractivity contribution in [3.05, 3.63) is 29.5 Å². The molecule has 0 radical (unpaired) electrons. The van der Waals surface area contributed by atoms with Gasteiger partial charge in [0.05, 0.1) is 16.0 Å². The number of nitriles is 1. The van der Waals surface area contributed by atoms with E-state index in [0.717, 1.165) is 68.2 Å². The first-order valence-electron chi connectivity index (χ1n) is 12.2. The van der Waals surface area contributed by atoms with Crippen LogP contribution in [0.15, 0.2) is 23.1 Å². The van der Waals surface area contributed by atoms with E-state index in [1.807, 2.05) is 16.5 Å². The first-order chi connectivity index (χ1) is 15.9. The van der Waals surface area contributed by atoms with Gasteiger partial charge in [0.15, 0.2) is 0 Å². The molecule has 1 amide bonds. The van der Waals surface area contributed by atoms with Gasteiger partial charge in [-0.25, -0.2) is 13.1 Å². The average molecular weight is 469 g/mol.